The number of hydrogen-bond donors (Lipinski definition) is 0. The fraction of sp³-hybridized carbons (Fsp3) is 0.469. The van der Waals surface area contributed by atoms with Crippen LogP contribution >= 0.6 is 0 Å². The van der Waals surface area contributed by atoms with Gasteiger partial charge in [0, 0.05) is 6.21 Å². The second kappa shape index (κ2) is 18.1. The van der Waals surface area contributed by atoms with Gasteiger partial charge >= 0.3 is 11.9 Å². The van der Waals surface area contributed by atoms with Gasteiger partial charge < -0.3 is 9.47 Å². The summed E-state index contributed by atoms with van der Waals surface area (Å²) in [5, 5.41) is 0. The van der Waals surface area contributed by atoms with Crippen LogP contribution in [0.3, 0.4) is 0 Å². The lowest BCUT2D eigenvalue weighted by Crippen LogP contribution is -2.12. The Morgan fingerprint density at radius 3 is 2.11 bits per heavy atom. The van der Waals surface area contributed by atoms with Gasteiger partial charge in [-0.2, -0.15) is 0 Å². The van der Waals surface area contributed by atoms with E-state index in [9.17, 15) is 9.59 Å². The standard InChI is InChI=1S/C32H43NO4/c1-4-6-7-8-9-10-11-15-22-36-31(34)29-20-18-27(19-21-29)23-30(32(35)37-25-26(3)5-2)33-24-28-16-13-12-14-17-28/h12-14,16-21,23-24,26H,4-11,15,22,25H2,1-3H3/t26-/m0/s1. The molecule has 5 heteroatoms. The zero-order valence-corrected chi connectivity index (χ0v) is 22.8. The van der Waals surface area contributed by atoms with Crippen LogP contribution < -0.4 is 0 Å². The fourth-order valence-electron chi connectivity index (χ4n) is 3.60. The number of benzene rings is 2. The van der Waals surface area contributed by atoms with Crippen LogP contribution in [0.4, 0.5) is 0 Å². The molecule has 1 atom stereocenters. The van der Waals surface area contributed by atoms with Crippen molar-refractivity contribution in [1.82, 2.24) is 0 Å². The predicted octanol–water partition coefficient (Wildman–Crippen LogP) is 8.03. The normalized spacial score (nSPS) is 12.5. The molecule has 0 amide bonds. The zero-order chi connectivity index (χ0) is 26.7. The molecule has 37 heavy (non-hydrogen) atoms. The number of carbonyl (C=O) groups excluding carboxylic acids is 2. The molecule has 200 valence electrons. The number of ether oxygens (including phenoxy) is 2. The van der Waals surface area contributed by atoms with E-state index in [2.05, 4.69) is 18.8 Å². The largest absolute Gasteiger partial charge is 0.462 e. The minimum absolute atomic E-state index is 0.206. The molecule has 0 aliphatic carbocycles. The number of aliphatic imine (C=N–C) groups is 1. The van der Waals surface area contributed by atoms with Crippen molar-refractivity contribution in [3.8, 4) is 0 Å². The first-order valence-corrected chi connectivity index (χ1v) is 13.8. The molecule has 0 unspecified atom stereocenters. The molecule has 2 rings (SSSR count). The molecular weight excluding hydrogens is 462 g/mol. The molecule has 0 fully saturated rings. The van der Waals surface area contributed by atoms with E-state index in [4.69, 9.17) is 9.47 Å². The van der Waals surface area contributed by atoms with Gasteiger partial charge in [0.05, 0.1) is 18.8 Å². The maximum absolute atomic E-state index is 12.7. The molecule has 0 heterocycles. The van der Waals surface area contributed by atoms with E-state index in [1.54, 1.807) is 36.6 Å². The number of nitrogens with zero attached hydrogens (tertiary/aromatic N) is 1. The Morgan fingerprint density at radius 2 is 1.46 bits per heavy atom. The van der Waals surface area contributed by atoms with Gasteiger partial charge in [0.15, 0.2) is 0 Å². The smallest absolute Gasteiger partial charge is 0.356 e. The van der Waals surface area contributed by atoms with E-state index in [0.717, 1.165) is 30.4 Å². The maximum Gasteiger partial charge on any atom is 0.356 e. The minimum atomic E-state index is -0.471. The quantitative estimate of drug-likeness (QED) is 0.0944. The van der Waals surface area contributed by atoms with Crippen molar-refractivity contribution in [2.45, 2.75) is 78.6 Å². The van der Waals surface area contributed by atoms with E-state index in [-0.39, 0.29) is 17.6 Å². The third kappa shape index (κ3) is 12.5. The molecule has 0 saturated carbocycles. The highest BCUT2D eigenvalue weighted by Gasteiger charge is 2.13. The summed E-state index contributed by atoms with van der Waals surface area (Å²) in [5.41, 5.74) is 2.33. The molecule has 0 aromatic heterocycles. The first kappa shape index (κ1) is 30.0. The molecule has 2 aromatic rings. The molecule has 0 radical (unpaired) electrons. The lowest BCUT2D eigenvalue weighted by Gasteiger charge is -2.10. The summed E-state index contributed by atoms with van der Waals surface area (Å²) in [6.07, 6.45) is 13.9. The third-order valence-corrected chi connectivity index (χ3v) is 6.24. The maximum atomic E-state index is 12.7. The van der Waals surface area contributed by atoms with Crippen LogP contribution in [0.5, 0.6) is 0 Å². The van der Waals surface area contributed by atoms with Crippen LogP contribution in [-0.2, 0) is 14.3 Å². The molecule has 2 aromatic carbocycles. The monoisotopic (exact) mass is 505 g/mol. The summed E-state index contributed by atoms with van der Waals surface area (Å²) in [6.45, 7) is 7.11. The number of hydrogen-bond acceptors (Lipinski definition) is 5. The highest BCUT2D eigenvalue weighted by atomic mass is 16.5. The number of carbonyl (C=O) groups is 2. The summed E-state index contributed by atoms with van der Waals surface area (Å²) >= 11 is 0. The number of unbranched alkanes of at least 4 members (excludes halogenated alkanes) is 7. The van der Waals surface area contributed by atoms with Gasteiger partial charge in [-0.15, -0.1) is 0 Å². The Kier molecular flexibility index (Phi) is 14.7. The predicted molar refractivity (Wildman–Crippen MR) is 152 cm³/mol. The van der Waals surface area contributed by atoms with Gasteiger partial charge in [-0.1, -0.05) is 115 Å². The van der Waals surface area contributed by atoms with Crippen LogP contribution in [0.1, 0.15) is 100 Å². The highest BCUT2D eigenvalue weighted by molar-refractivity contribution is 5.96. The van der Waals surface area contributed by atoms with Gasteiger partial charge in [0.1, 0.15) is 5.70 Å². The first-order chi connectivity index (χ1) is 18.0. The van der Waals surface area contributed by atoms with Crippen molar-refractivity contribution in [2.24, 2.45) is 10.9 Å². The van der Waals surface area contributed by atoms with Gasteiger partial charge in [-0.25, -0.2) is 14.6 Å². The molecule has 0 aliphatic heterocycles. The summed E-state index contributed by atoms with van der Waals surface area (Å²) in [6, 6.07) is 16.6. The topological polar surface area (TPSA) is 65.0 Å². The van der Waals surface area contributed by atoms with E-state index in [1.807, 2.05) is 37.3 Å². The number of esters is 2. The Balaban J connectivity index is 1.93. The van der Waals surface area contributed by atoms with Crippen molar-refractivity contribution in [1.29, 1.82) is 0 Å². The summed E-state index contributed by atoms with van der Waals surface area (Å²) in [7, 11) is 0. The van der Waals surface area contributed by atoms with Gasteiger partial charge in [-0.05, 0) is 41.7 Å². The van der Waals surface area contributed by atoms with E-state index in [1.165, 1.54) is 38.5 Å². The van der Waals surface area contributed by atoms with Crippen LogP contribution in [-0.4, -0.2) is 31.4 Å². The Bertz CT molecular complexity index is 980. The minimum Gasteiger partial charge on any atom is -0.462 e. The van der Waals surface area contributed by atoms with Crippen molar-refractivity contribution >= 4 is 24.2 Å². The Labute approximate surface area is 223 Å². The van der Waals surface area contributed by atoms with E-state index in [0.29, 0.717) is 18.8 Å². The van der Waals surface area contributed by atoms with Crippen LogP contribution in [0.15, 0.2) is 65.3 Å². The van der Waals surface area contributed by atoms with Gasteiger partial charge in [0.2, 0.25) is 0 Å². The van der Waals surface area contributed by atoms with E-state index < -0.39 is 5.97 Å². The molecule has 0 spiro atoms. The second-order valence-electron chi connectivity index (χ2n) is 9.54. The second-order valence-corrected chi connectivity index (χ2v) is 9.54. The zero-order valence-electron chi connectivity index (χ0n) is 22.8. The van der Waals surface area contributed by atoms with Crippen molar-refractivity contribution < 1.29 is 19.1 Å². The molecule has 5 nitrogen and oxygen atoms in total. The average molecular weight is 506 g/mol. The highest BCUT2D eigenvalue weighted by Crippen LogP contribution is 2.14. The Hall–Kier alpha value is -3.21. The number of rotatable bonds is 17. The summed E-state index contributed by atoms with van der Waals surface area (Å²) in [5.74, 6) is -0.519. The molecule has 0 N–H and O–H groups in total. The van der Waals surface area contributed by atoms with Crippen molar-refractivity contribution in [3.05, 3.63) is 77.0 Å². The van der Waals surface area contributed by atoms with Gasteiger partial charge in [0.25, 0.3) is 0 Å². The molecular formula is C32H43NO4. The molecule has 0 aliphatic rings. The van der Waals surface area contributed by atoms with Gasteiger partial charge in [-0.3, -0.25) is 0 Å². The van der Waals surface area contributed by atoms with Crippen LogP contribution in [0.2, 0.25) is 0 Å². The SMILES string of the molecule is CCCCCCCCCCOC(=O)c1ccc(C=C(N=Cc2ccccc2)C(=O)OC[C@@H](C)CC)cc1. The van der Waals surface area contributed by atoms with Crippen molar-refractivity contribution in [3.63, 3.8) is 0 Å². The Morgan fingerprint density at radius 1 is 0.811 bits per heavy atom. The fourth-order valence-corrected chi connectivity index (χ4v) is 3.60. The van der Waals surface area contributed by atoms with Crippen LogP contribution in [0.25, 0.3) is 6.08 Å². The van der Waals surface area contributed by atoms with Crippen molar-refractivity contribution in [2.75, 3.05) is 13.2 Å². The summed E-state index contributed by atoms with van der Waals surface area (Å²) < 4.78 is 10.9. The van der Waals surface area contributed by atoms with Crippen LogP contribution in [0, 0.1) is 5.92 Å². The molecule has 0 bridgehead atoms. The van der Waals surface area contributed by atoms with E-state index >= 15 is 0 Å². The third-order valence-electron chi connectivity index (χ3n) is 6.24. The lowest BCUT2D eigenvalue weighted by molar-refractivity contribution is -0.140. The summed E-state index contributed by atoms with van der Waals surface area (Å²) in [4.78, 5) is 29.5. The lowest BCUT2D eigenvalue weighted by atomic mass is 10.1. The first-order valence-electron chi connectivity index (χ1n) is 13.8. The molecule has 0 saturated heterocycles. The average Bonchev–Trinajstić information content (AvgIpc) is 2.93.